The highest BCUT2D eigenvalue weighted by Gasteiger charge is 2.04. The second kappa shape index (κ2) is 5.80. The van der Waals surface area contributed by atoms with Gasteiger partial charge in [-0.1, -0.05) is 0 Å². The first kappa shape index (κ1) is 12.1. The van der Waals surface area contributed by atoms with Gasteiger partial charge < -0.3 is 5.32 Å². The third-order valence-corrected chi connectivity index (χ3v) is 2.84. The first-order chi connectivity index (χ1) is 7.08. The first-order valence-corrected chi connectivity index (χ1v) is 6.67. The van der Waals surface area contributed by atoms with Crippen LogP contribution in [0.3, 0.4) is 0 Å². The van der Waals surface area contributed by atoms with Crippen molar-refractivity contribution in [3.05, 3.63) is 17.8 Å². The third-order valence-electron chi connectivity index (χ3n) is 2.03. The molecule has 2 atom stereocenters. The Hall–Kier alpha value is -0.970. The molecule has 5 heteroatoms. The molecule has 0 saturated carbocycles. The Balaban J connectivity index is 2.40. The van der Waals surface area contributed by atoms with E-state index < -0.39 is 10.8 Å². The van der Waals surface area contributed by atoms with Crippen LogP contribution in [-0.4, -0.2) is 32.5 Å². The molecule has 4 nitrogen and oxygen atoms in total. The van der Waals surface area contributed by atoms with E-state index in [0.29, 0.717) is 5.75 Å². The number of aromatic nitrogens is 2. The van der Waals surface area contributed by atoms with Gasteiger partial charge in [-0.15, -0.1) is 5.10 Å². The normalized spacial score (nSPS) is 14.6. The smallest absolute Gasteiger partial charge is 0.148 e. The fourth-order valence-corrected chi connectivity index (χ4v) is 1.83. The number of anilines is 1. The van der Waals surface area contributed by atoms with Gasteiger partial charge in [-0.25, -0.2) is 0 Å². The summed E-state index contributed by atoms with van der Waals surface area (Å²) >= 11 is 0. The van der Waals surface area contributed by atoms with E-state index in [-0.39, 0.29) is 6.04 Å². The summed E-state index contributed by atoms with van der Waals surface area (Å²) in [5.74, 6) is 1.49. The fraction of sp³-hybridized carbons (Fsp3) is 0.600. The molecule has 84 valence electrons. The molecule has 0 aliphatic heterocycles. The Morgan fingerprint density at radius 2 is 2.20 bits per heavy atom. The summed E-state index contributed by atoms with van der Waals surface area (Å²) in [6, 6.07) is 4.09. The van der Waals surface area contributed by atoms with E-state index in [0.717, 1.165) is 17.9 Å². The van der Waals surface area contributed by atoms with Crippen LogP contribution in [0.1, 0.15) is 19.0 Å². The van der Waals surface area contributed by atoms with Crippen LogP contribution >= 0.6 is 0 Å². The van der Waals surface area contributed by atoms with Crippen LogP contribution < -0.4 is 5.32 Å². The van der Waals surface area contributed by atoms with Crippen molar-refractivity contribution in [2.24, 2.45) is 0 Å². The minimum Gasteiger partial charge on any atom is -0.366 e. The van der Waals surface area contributed by atoms with E-state index in [1.54, 1.807) is 6.26 Å². The molecule has 15 heavy (non-hydrogen) atoms. The maximum Gasteiger partial charge on any atom is 0.148 e. The van der Waals surface area contributed by atoms with Crippen molar-refractivity contribution in [1.82, 2.24) is 10.2 Å². The number of hydrogen-bond donors (Lipinski definition) is 1. The second-order valence-electron chi connectivity index (χ2n) is 3.67. The number of nitrogens with zero attached hydrogens (tertiary/aromatic N) is 2. The number of hydrogen-bond acceptors (Lipinski definition) is 4. The monoisotopic (exact) mass is 227 g/mol. The summed E-state index contributed by atoms with van der Waals surface area (Å²) in [4.78, 5) is 0. The van der Waals surface area contributed by atoms with Crippen LogP contribution in [0, 0.1) is 6.92 Å². The second-order valence-corrected chi connectivity index (χ2v) is 5.23. The zero-order chi connectivity index (χ0) is 11.3. The fourth-order valence-electron chi connectivity index (χ4n) is 1.14. The van der Waals surface area contributed by atoms with Crippen LogP contribution in [0.4, 0.5) is 5.82 Å². The van der Waals surface area contributed by atoms with Gasteiger partial charge in [0.25, 0.3) is 0 Å². The Labute approximate surface area is 93.0 Å². The topological polar surface area (TPSA) is 54.9 Å². The van der Waals surface area contributed by atoms with Gasteiger partial charge >= 0.3 is 0 Å². The summed E-state index contributed by atoms with van der Waals surface area (Å²) in [7, 11) is -0.724. The summed E-state index contributed by atoms with van der Waals surface area (Å²) in [5.41, 5.74) is 0.905. The highest BCUT2D eigenvalue weighted by Crippen LogP contribution is 2.05. The molecular weight excluding hydrogens is 210 g/mol. The summed E-state index contributed by atoms with van der Waals surface area (Å²) in [6.45, 7) is 3.95. The van der Waals surface area contributed by atoms with Gasteiger partial charge in [-0.2, -0.15) is 5.10 Å². The Bertz CT molecular complexity index is 326. The highest BCUT2D eigenvalue weighted by atomic mass is 32.2. The predicted molar refractivity (Wildman–Crippen MR) is 63.4 cm³/mol. The SMILES string of the molecule is Cc1ccc(NC(C)CCS(C)=O)nn1. The zero-order valence-corrected chi connectivity index (χ0v) is 10.2. The molecule has 0 radical (unpaired) electrons. The van der Waals surface area contributed by atoms with Crippen molar-refractivity contribution in [2.75, 3.05) is 17.3 Å². The number of nitrogens with one attached hydrogen (secondary N) is 1. The standard InChI is InChI=1S/C10H17N3OS/c1-8(6-7-15(3)14)11-10-5-4-9(2)12-13-10/h4-5,8H,6-7H2,1-3H3,(H,11,13). The molecule has 0 amide bonds. The first-order valence-electron chi connectivity index (χ1n) is 4.95. The molecule has 2 unspecified atom stereocenters. The molecule has 0 spiro atoms. The minimum absolute atomic E-state index is 0.269. The van der Waals surface area contributed by atoms with Crippen molar-refractivity contribution < 1.29 is 4.21 Å². The lowest BCUT2D eigenvalue weighted by molar-refractivity contribution is 0.678. The van der Waals surface area contributed by atoms with Crippen LogP contribution in [0.5, 0.6) is 0 Å². The largest absolute Gasteiger partial charge is 0.366 e. The molecule has 0 bridgehead atoms. The van der Waals surface area contributed by atoms with Crippen molar-refractivity contribution >= 4 is 16.6 Å². The summed E-state index contributed by atoms with van der Waals surface area (Å²) < 4.78 is 10.9. The average Bonchev–Trinajstić information content (AvgIpc) is 2.19. The average molecular weight is 227 g/mol. The van der Waals surface area contributed by atoms with E-state index >= 15 is 0 Å². The van der Waals surface area contributed by atoms with Gasteiger partial charge in [0.1, 0.15) is 5.82 Å². The van der Waals surface area contributed by atoms with Gasteiger partial charge in [-0.3, -0.25) is 4.21 Å². The van der Waals surface area contributed by atoms with Crippen molar-refractivity contribution in [2.45, 2.75) is 26.3 Å². The molecule has 0 aliphatic rings. The van der Waals surface area contributed by atoms with Gasteiger partial charge in [0.15, 0.2) is 0 Å². The highest BCUT2D eigenvalue weighted by molar-refractivity contribution is 7.84. The lowest BCUT2D eigenvalue weighted by Gasteiger charge is -2.12. The van der Waals surface area contributed by atoms with Gasteiger partial charge in [0.2, 0.25) is 0 Å². The lowest BCUT2D eigenvalue weighted by atomic mass is 10.2. The Morgan fingerprint density at radius 1 is 1.47 bits per heavy atom. The van der Waals surface area contributed by atoms with Crippen molar-refractivity contribution in [3.8, 4) is 0 Å². The maximum absolute atomic E-state index is 10.9. The van der Waals surface area contributed by atoms with Gasteiger partial charge in [0, 0.05) is 28.9 Å². The van der Waals surface area contributed by atoms with Crippen molar-refractivity contribution in [3.63, 3.8) is 0 Å². The molecule has 1 rings (SSSR count). The van der Waals surface area contributed by atoms with Crippen LogP contribution in [0.15, 0.2) is 12.1 Å². The van der Waals surface area contributed by atoms with Gasteiger partial charge in [-0.05, 0) is 32.4 Å². The van der Waals surface area contributed by atoms with Crippen LogP contribution in [0.2, 0.25) is 0 Å². The molecule has 0 saturated heterocycles. The van der Waals surface area contributed by atoms with Crippen molar-refractivity contribution in [1.29, 1.82) is 0 Å². The third kappa shape index (κ3) is 4.88. The lowest BCUT2D eigenvalue weighted by Crippen LogP contribution is -2.18. The van der Waals surface area contributed by atoms with E-state index in [9.17, 15) is 4.21 Å². The maximum atomic E-state index is 10.9. The molecular formula is C10H17N3OS. The minimum atomic E-state index is -0.724. The van der Waals surface area contributed by atoms with Crippen LogP contribution in [-0.2, 0) is 10.8 Å². The molecule has 0 fully saturated rings. The number of rotatable bonds is 5. The molecule has 1 aromatic rings. The quantitative estimate of drug-likeness (QED) is 0.825. The van der Waals surface area contributed by atoms with Crippen LogP contribution in [0.25, 0.3) is 0 Å². The summed E-state index contributed by atoms with van der Waals surface area (Å²) in [5, 5.41) is 11.2. The Morgan fingerprint density at radius 3 is 2.73 bits per heavy atom. The molecule has 1 aromatic heterocycles. The van der Waals surface area contributed by atoms with Gasteiger partial charge in [0.05, 0.1) is 5.69 Å². The number of aryl methyl sites for hydroxylation is 1. The van der Waals surface area contributed by atoms with E-state index in [4.69, 9.17) is 0 Å². The van der Waals surface area contributed by atoms with E-state index in [2.05, 4.69) is 15.5 Å². The van der Waals surface area contributed by atoms with E-state index in [1.165, 1.54) is 0 Å². The Kier molecular flexibility index (Phi) is 4.68. The van der Waals surface area contributed by atoms with E-state index in [1.807, 2.05) is 26.0 Å². The zero-order valence-electron chi connectivity index (χ0n) is 9.36. The molecule has 1 heterocycles. The molecule has 0 aromatic carbocycles. The predicted octanol–water partition coefficient (Wildman–Crippen LogP) is 1.35. The molecule has 0 aliphatic carbocycles. The summed E-state index contributed by atoms with van der Waals surface area (Å²) in [6.07, 6.45) is 2.59. The molecule has 1 N–H and O–H groups in total.